The summed E-state index contributed by atoms with van der Waals surface area (Å²) in [6.07, 6.45) is 1.71. The molecule has 7 heteroatoms. The topological polar surface area (TPSA) is 72.8 Å². The molecule has 0 aliphatic heterocycles. The van der Waals surface area contributed by atoms with Crippen LogP contribution < -0.4 is 10.2 Å². The minimum atomic E-state index is -0.357. The highest BCUT2D eigenvalue weighted by molar-refractivity contribution is 7.17. The van der Waals surface area contributed by atoms with E-state index in [0.29, 0.717) is 22.3 Å². The molecule has 1 aromatic heterocycles. The van der Waals surface area contributed by atoms with E-state index in [1.54, 1.807) is 27.2 Å². The number of esters is 1. The molecule has 0 saturated carbocycles. The first-order chi connectivity index (χ1) is 12.6. The maximum absolute atomic E-state index is 11.8. The van der Waals surface area contributed by atoms with E-state index in [-0.39, 0.29) is 5.97 Å². The second kappa shape index (κ2) is 7.97. The van der Waals surface area contributed by atoms with E-state index in [1.165, 1.54) is 11.3 Å². The van der Waals surface area contributed by atoms with E-state index in [4.69, 9.17) is 9.47 Å². The van der Waals surface area contributed by atoms with Gasteiger partial charge in [-0.25, -0.2) is 9.78 Å². The van der Waals surface area contributed by atoms with Crippen molar-refractivity contribution in [1.82, 2.24) is 4.98 Å². The fraction of sp³-hybridized carbons (Fsp3) is 0.211. The third-order valence-corrected chi connectivity index (χ3v) is 4.74. The molecule has 0 aliphatic carbocycles. The molecule has 0 spiro atoms. The van der Waals surface area contributed by atoms with Crippen LogP contribution in [0.15, 0.2) is 41.5 Å². The summed E-state index contributed by atoms with van der Waals surface area (Å²) in [6.45, 7) is 3.89. The lowest BCUT2D eigenvalue weighted by Gasteiger charge is -2.03. The van der Waals surface area contributed by atoms with Gasteiger partial charge in [0.25, 0.3) is 0 Å². The zero-order valence-corrected chi connectivity index (χ0v) is 15.6. The Hall–Kier alpha value is -2.93. The Bertz CT molecular complexity index is 966. The molecule has 0 bridgehead atoms. The SMILES string of the molecule is CCOC(=O)c1sc(N/N=C/c2ccc3cc(OC)ccc3c2)nc1C. The number of nitrogens with zero attached hydrogens (tertiary/aromatic N) is 2. The maximum Gasteiger partial charge on any atom is 0.350 e. The molecule has 0 fully saturated rings. The van der Waals surface area contributed by atoms with Crippen molar-refractivity contribution in [3.8, 4) is 5.75 Å². The number of ether oxygens (including phenoxy) is 2. The molecule has 0 saturated heterocycles. The van der Waals surface area contributed by atoms with Crippen LogP contribution in [0.3, 0.4) is 0 Å². The number of carbonyl (C=O) groups is 1. The average Bonchev–Trinajstić information content (AvgIpc) is 3.02. The lowest BCUT2D eigenvalue weighted by atomic mass is 10.1. The van der Waals surface area contributed by atoms with E-state index in [1.807, 2.05) is 36.4 Å². The van der Waals surface area contributed by atoms with E-state index < -0.39 is 0 Å². The maximum atomic E-state index is 11.8. The molecule has 1 heterocycles. The molecule has 0 unspecified atom stereocenters. The Kier molecular flexibility index (Phi) is 5.48. The number of carbonyl (C=O) groups excluding carboxylic acids is 1. The molecule has 26 heavy (non-hydrogen) atoms. The number of thiazole rings is 1. The van der Waals surface area contributed by atoms with Crippen molar-refractivity contribution < 1.29 is 14.3 Å². The van der Waals surface area contributed by atoms with Gasteiger partial charge in [-0.15, -0.1) is 0 Å². The van der Waals surface area contributed by atoms with Gasteiger partial charge in [-0.05, 0) is 48.4 Å². The summed E-state index contributed by atoms with van der Waals surface area (Å²) < 4.78 is 10.2. The first-order valence-electron chi connectivity index (χ1n) is 8.12. The summed E-state index contributed by atoms with van der Waals surface area (Å²) in [5, 5.41) is 6.96. The normalized spacial score (nSPS) is 11.0. The molecular formula is C19H19N3O3S. The zero-order valence-electron chi connectivity index (χ0n) is 14.8. The molecule has 2 aromatic carbocycles. The number of methoxy groups -OCH3 is 1. The quantitative estimate of drug-likeness (QED) is 0.400. The van der Waals surface area contributed by atoms with Gasteiger partial charge in [-0.1, -0.05) is 29.5 Å². The second-order valence-corrected chi connectivity index (χ2v) is 6.50. The molecule has 6 nitrogen and oxygen atoms in total. The van der Waals surface area contributed by atoms with Crippen molar-refractivity contribution in [3.05, 3.63) is 52.5 Å². The van der Waals surface area contributed by atoms with Crippen LogP contribution >= 0.6 is 11.3 Å². The number of benzene rings is 2. The number of nitrogens with one attached hydrogen (secondary N) is 1. The fourth-order valence-electron chi connectivity index (χ4n) is 2.44. The third-order valence-electron chi connectivity index (χ3n) is 3.70. The van der Waals surface area contributed by atoms with Crippen LogP contribution in [0.4, 0.5) is 5.13 Å². The molecule has 3 rings (SSSR count). The number of aryl methyl sites for hydroxylation is 1. The first-order valence-corrected chi connectivity index (χ1v) is 8.93. The van der Waals surface area contributed by atoms with E-state index in [2.05, 4.69) is 15.5 Å². The summed E-state index contributed by atoms with van der Waals surface area (Å²) in [4.78, 5) is 16.6. The zero-order chi connectivity index (χ0) is 18.5. The molecule has 1 N–H and O–H groups in total. The van der Waals surface area contributed by atoms with Crippen LogP contribution in [0, 0.1) is 6.92 Å². The Morgan fingerprint density at radius 3 is 2.81 bits per heavy atom. The highest BCUT2D eigenvalue weighted by Crippen LogP contribution is 2.24. The van der Waals surface area contributed by atoms with Gasteiger partial charge in [0.15, 0.2) is 0 Å². The number of fused-ring (bicyclic) bond motifs is 1. The predicted molar refractivity (Wildman–Crippen MR) is 105 cm³/mol. The summed E-state index contributed by atoms with van der Waals surface area (Å²) >= 11 is 1.22. The molecule has 0 radical (unpaired) electrons. The van der Waals surface area contributed by atoms with Crippen molar-refractivity contribution in [2.75, 3.05) is 19.1 Å². The Balaban J connectivity index is 1.71. The van der Waals surface area contributed by atoms with Crippen molar-refractivity contribution >= 4 is 39.4 Å². The Morgan fingerprint density at radius 1 is 1.27 bits per heavy atom. The Morgan fingerprint density at radius 2 is 2.04 bits per heavy atom. The number of hydrogen-bond acceptors (Lipinski definition) is 7. The number of hydrazone groups is 1. The van der Waals surface area contributed by atoms with Gasteiger partial charge in [0, 0.05) is 0 Å². The summed E-state index contributed by atoms with van der Waals surface area (Å²) in [7, 11) is 1.65. The van der Waals surface area contributed by atoms with Crippen LogP contribution in [-0.2, 0) is 4.74 Å². The van der Waals surface area contributed by atoms with Crippen LogP contribution in [-0.4, -0.2) is 30.9 Å². The van der Waals surface area contributed by atoms with E-state index in [9.17, 15) is 4.79 Å². The standard InChI is InChI=1S/C19H19N3O3S/c1-4-25-18(23)17-12(2)21-19(26-17)22-20-11-13-5-6-15-10-16(24-3)8-7-14(15)9-13/h5-11H,4H2,1-3H3,(H,21,22)/b20-11+. The molecular weight excluding hydrogens is 350 g/mol. The van der Waals surface area contributed by atoms with Crippen molar-refractivity contribution in [3.63, 3.8) is 0 Å². The van der Waals surface area contributed by atoms with Crippen LogP contribution in [0.2, 0.25) is 0 Å². The van der Waals surface area contributed by atoms with Crippen molar-refractivity contribution in [2.24, 2.45) is 5.10 Å². The van der Waals surface area contributed by atoms with Gasteiger partial charge in [-0.3, -0.25) is 5.43 Å². The minimum absolute atomic E-state index is 0.338. The lowest BCUT2D eigenvalue weighted by Crippen LogP contribution is -2.03. The van der Waals surface area contributed by atoms with Gasteiger partial charge in [0.2, 0.25) is 5.13 Å². The minimum Gasteiger partial charge on any atom is -0.497 e. The Labute approximate surface area is 155 Å². The van der Waals surface area contributed by atoms with Gasteiger partial charge in [-0.2, -0.15) is 5.10 Å². The first kappa shape index (κ1) is 17.9. The predicted octanol–water partition coefficient (Wildman–Crippen LogP) is 4.24. The van der Waals surface area contributed by atoms with E-state index >= 15 is 0 Å². The largest absolute Gasteiger partial charge is 0.497 e. The van der Waals surface area contributed by atoms with Gasteiger partial charge < -0.3 is 9.47 Å². The van der Waals surface area contributed by atoms with Crippen molar-refractivity contribution in [2.45, 2.75) is 13.8 Å². The number of aromatic nitrogens is 1. The molecule has 0 amide bonds. The molecule has 0 aliphatic rings. The lowest BCUT2D eigenvalue weighted by molar-refractivity contribution is 0.0531. The summed E-state index contributed by atoms with van der Waals surface area (Å²) in [5.41, 5.74) is 4.45. The number of hydrogen-bond donors (Lipinski definition) is 1. The third kappa shape index (κ3) is 4.00. The van der Waals surface area contributed by atoms with Crippen LogP contribution in [0.1, 0.15) is 27.9 Å². The van der Waals surface area contributed by atoms with Gasteiger partial charge in [0.1, 0.15) is 10.6 Å². The highest BCUT2D eigenvalue weighted by atomic mass is 32.1. The second-order valence-electron chi connectivity index (χ2n) is 5.50. The molecule has 134 valence electrons. The average molecular weight is 369 g/mol. The monoisotopic (exact) mass is 369 g/mol. The van der Waals surface area contributed by atoms with Crippen molar-refractivity contribution in [1.29, 1.82) is 0 Å². The number of rotatable bonds is 6. The number of anilines is 1. The van der Waals surface area contributed by atoms with E-state index in [0.717, 1.165) is 22.1 Å². The fourth-order valence-corrected chi connectivity index (χ4v) is 3.25. The summed E-state index contributed by atoms with van der Waals surface area (Å²) in [5.74, 6) is 0.474. The van der Waals surface area contributed by atoms with Gasteiger partial charge in [0.05, 0.1) is 25.6 Å². The highest BCUT2D eigenvalue weighted by Gasteiger charge is 2.15. The molecule has 3 aromatic rings. The van der Waals surface area contributed by atoms with Crippen LogP contribution in [0.5, 0.6) is 5.75 Å². The smallest absolute Gasteiger partial charge is 0.350 e. The van der Waals surface area contributed by atoms with Gasteiger partial charge >= 0.3 is 5.97 Å². The van der Waals surface area contributed by atoms with Crippen LogP contribution in [0.25, 0.3) is 10.8 Å². The molecule has 0 atom stereocenters. The summed E-state index contributed by atoms with van der Waals surface area (Å²) in [6, 6.07) is 12.0.